The molecule has 0 radical (unpaired) electrons. The monoisotopic (exact) mass is 297 g/mol. The average Bonchev–Trinajstić information content (AvgIpc) is 2.37. The molecule has 2 N–H and O–H groups in total. The minimum absolute atomic E-state index is 0.0495. The summed E-state index contributed by atoms with van der Waals surface area (Å²) in [5.41, 5.74) is -0.914. The molecule has 1 aliphatic carbocycles. The quantitative estimate of drug-likeness (QED) is 0.878. The number of carbonyl (C=O) groups is 2. The molecule has 0 aromatic heterocycles. The van der Waals surface area contributed by atoms with Crippen LogP contribution < -0.4 is 5.32 Å². The molecule has 0 bridgehead atoms. The highest BCUT2D eigenvalue weighted by Crippen LogP contribution is 2.43. The molecule has 4 nitrogen and oxygen atoms in total. The van der Waals surface area contributed by atoms with Crippen molar-refractivity contribution < 1.29 is 23.5 Å². The highest BCUT2D eigenvalue weighted by atomic mass is 19.1. The average molecular weight is 297 g/mol. The zero-order valence-electron chi connectivity index (χ0n) is 11.7. The maximum Gasteiger partial charge on any atom is 0.303 e. The van der Waals surface area contributed by atoms with E-state index >= 15 is 0 Å². The van der Waals surface area contributed by atoms with Crippen molar-refractivity contribution >= 4 is 11.9 Å². The molecule has 0 atom stereocenters. The number of hydrogen-bond acceptors (Lipinski definition) is 2. The Kier molecular flexibility index (Phi) is 4.25. The van der Waals surface area contributed by atoms with E-state index in [1.807, 2.05) is 0 Å². The van der Waals surface area contributed by atoms with E-state index in [0.29, 0.717) is 12.8 Å². The molecule has 0 aliphatic heterocycles. The van der Waals surface area contributed by atoms with Crippen molar-refractivity contribution in [2.75, 3.05) is 6.54 Å². The van der Waals surface area contributed by atoms with Crippen LogP contribution in [-0.2, 0) is 4.79 Å². The van der Waals surface area contributed by atoms with Crippen LogP contribution in [0.4, 0.5) is 8.78 Å². The van der Waals surface area contributed by atoms with Crippen LogP contribution in [0.5, 0.6) is 0 Å². The first-order valence-corrected chi connectivity index (χ1v) is 6.79. The maximum atomic E-state index is 13.8. The summed E-state index contributed by atoms with van der Waals surface area (Å²) in [5.74, 6) is -3.58. The zero-order valence-corrected chi connectivity index (χ0v) is 11.7. The fourth-order valence-electron chi connectivity index (χ4n) is 2.63. The Bertz CT molecular complexity index is 583. The second kappa shape index (κ2) is 5.79. The molecule has 114 valence electrons. The number of rotatable bonds is 5. The predicted molar refractivity (Wildman–Crippen MR) is 72.0 cm³/mol. The lowest BCUT2D eigenvalue weighted by atomic mass is 9.66. The fraction of sp³-hybridized carbons (Fsp3) is 0.467. The number of benzene rings is 1. The van der Waals surface area contributed by atoms with Crippen LogP contribution in [0.2, 0.25) is 0 Å². The van der Waals surface area contributed by atoms with E-state index < -0.39 is 34.5 Å². The van der Waals surface area contributed by atoms with E-state index in [0.717, 1.165) is 12.5 Å². The van der Waals surface area contributed by atoms with Crippen molar-refractivity contribution in [3.8, 4) is 0 Å². The van der Waals surface area contributed by atoms with Gasteiger partial charge in [0.05, 0.1) is 6.42 Å². The number of carbonyl (C=O) groups excluding carboxylic acids is 1. The van der Waals surface area contributed by atoms with Gasteiger partial charge in [-0.05, 0) is 36.8 Å². The molecule has 0 spiro atoms. The third-order valence-corrected chi connectivity index (χ3v) is 4.08. The first kappa shape index (κ1) is 15.4. The molecular weight excluding hydrogens is 280 g/mol. The van der Waals surface area contributed by atoms with Gasteiger partial charge in [-0.1, -0.05) is 12.5 Å². The lowest BCUT2D eigenvalue weighted by Crippen LogP contribution is -2.43. The van der Waals surface area contributed by atoms with Gasteiger partial charge in [-0.25, -0.2) is 8.78 Å². The number of halogens is 2. The predicted octanol–water partition coefficient (Wildman–Crippen LogP) is 2.65. The molecule has 1 aromatic carbocycles. The number of nitrogens with one attached hydrogen (secondary N) is 1. The molecule has 1 amide bonds. The first-order valence-electron chi connectivity index (χ1n) is 6.79. The normalized spacial score (nSPS) is 16.1. The van der Waals surface area contributed by atoms with E-state index in [9.17, 15) is 18.4 Å². The summed E-state index contributed by atoms with van der Waals surface area (Å²) < 4.78 is 27.5. The van der Waals surface area contributed by atoms with Crippen LogP contribution in [0.3, 0.4) is 0 Å². The highest BCUT2D eigenvalue weighted by molar-refractivity contribution is 5.95. The SMILES string of the molecule is Cc1ccc(F)c(C(=O)NCC2(CC(=O)O)CCC2)c1F. The van der Waals surface area contributed by atoms with Crippen molar-refractivity contribution in [1.82, 2.24) is 5.32 Å². The van der Waals surface area contributed by atoms with Crippen LogP contribution in [0.25, 0.3) is 0 Å². The van der Waals surface area contributed by atoms with E-state index in [4.69, 9.17) is 5.11 Å². The second-order valence-corrected chi connectivity index (χ2v) is 5.66. The van der Waals surface area contributed by atoms with Gasteiger partial charge < -0.3 is 10.4 Å². The summed E-state index contributed by atoms with van der Waals surface area (Å²) in [7, 11) is 0. The maximum absolute atomic E-state index is 13.8. The molecule has 1 aliphatic rings. The summed E-state index contributed by atoms with van der Waals surface area (Å²) in [4.78, 5) is 22.8. The van der Waals surface area contributed by atoms with E-state index in [1.165, 1.54) is 13.0 Å². The van der Waals surface area contributed by atoms with Crippen molar-refractivity contribution in [3.05, 3.63) is 34.9 Å². The van der Waals surface area contributed by atoms with Crippen LogP contribution in [0, 0.1) is 24.0 Å². The summed E-state index contributed by atoms with van der Waals surface area (Å²) >= 11 is 0. The van der Waals surface area contributed by atoms with Gasteiger partial charge in [0.25, 0.3) is 5.91 Å². The summed E-state index contributed by atoms with van der Waals surface area (Å²) in [6.07, 6.45) is 2.24. The minimum Gasteiger partial charge on any atom is -0.481 e. The number of aryl methyl sites for hydroxylation is 1. The second-order valence-electron chi connectivity index (χ2n) is 5.66. The third-order valence-electron chi connectivity index (χ3n) is 4.08. The van der Waals surface area contributed by atoms with Crippen LogP contribution >= 0.6 is 0 Å². The van der Waals surface area contributed by atoms with Crippen molar-refractivity contribution in [2.24, 2.45) is 5.41 Å². The van der Waals surface area contributed by atoms with Gasteiger partial charge in [-0.15, -0.1) is 0 Å². The molecule has 2 rings (SSSR count). The number of carboxylic acid groups (broad SMARTS) is 1. The van der Waals surface area contributed by atoms with Gasteiger partial charge in [0.2, 0.25) is 0 Å². The van der Waals surface area contributed by atoms with Gasteiger partial charge >= 0.3 is 5.97 Å². The summed E-state index contributed by atoms with van der Waals surface area (Å²) in [6, 6.07) is 2.31. The van der Waals surface area contributed by atoms with Crippen LogP contribution in [-0.4, -0.2) is 23.5 Å². The fourth-order valence-corrected chi connectivity index (χ4v) is 2.63. The Morgan fingerprint density at radius 1 is 1.33 bits per heavy atom. The molecule has 1 aromatic rings. The minimum atomic E-state index is -0.933. The smallest absolute Gasteiger partial charge is 0.303 e. The van der Waals surface area contributed by atoms with E-state index in [1.54, 1.807) is 0 Å². The lowest BCUT2D eigenvalue weighted by molar-refractivity contribution is -0.141. The Hall–Kier alpha value is -1.98. The van der Waals surface area contributed by atoms with Gasteiger partial charge in [-0.3, -0.25) is 9.59 Å². The number of carboxylic acids is 1. The third kappa shape index (κ3) is 3.20. The standard InChI is InChI=1S/C15H17F2NO3/c1-9-3-4-10(16)12(13(9)17)14(21)18-8-15(5-2-6-15)7-11(19)20/h3-4H,2,5-8H2,1H3,(H,18,21)(H,19,20). The Morgan fingerprint density at radius 3 is 2.52 bits per heavy atom. The topological polar surface area (TPSA) is 66.4 Å². The largest absolute Gasteiger partial charge is 0.481 e. The molecular formula is C15H17F2NO3. The molecule has 0 unspecified atom stereocenters. The lowest BCUT2D eigenvalue weighted by Gasteiger charge is -2.40. The van der Waals surface area contributed by atoms with E-state index in [-0.39, 0.29) is 18.5 Å². The zero-order chi connectivity index (χ0) is 15.6. The van der Waals surface area contributed by atoms with Crippen molar-refractivity contribution in [3.63, 3.8) is 0 Å². The molecule has 0 heterocycles. The number of amides is 1. The Balaban J connectivity index is 2.09. The molecule has 6 heteroatoms. The molecule has 1 saturated carbocycles. The van der Waals surface area contributed by atoms with Gasteiger partial charge in [0.1, 0.15) is 17.2 Å². The Labute approximate surface area is 121 Å². The van der Waals surface area contributed by atoms with Crippen LogP contribution in [0.1, 0.15) is 41.6 Å². The molecule has 1 fully saturated rings. The summed E-state index contributed by atoms with van der Waals surface area (Å²) in [5, 5.41) is 11.4. The van der Waals surface area contributed by atoms with Gasteiger partial charge in [0.15, 0.2) is 0 Å². The van der Waals surface area contributed by atoms with Gasteiger partial charge in [-0.2, -0.15) is 0 Å². The number of hydrogen-bond donors (Lipinski definition) is 2. The van der Waals surface area contributed by atoms with E-state index in [2.05, 4.69) is 5.32 Å². The Morgan fingerprint density at radius 2 is 2.00 bits per heavy atom. The molecule has 0 saturated heterocycles. The number of aliphatic carboxylic acids is 1. The summed E-state index contributed by atoms with van der Waals surface area (Å²) in [6.45, 7) is 1.56. The van der Waals surface area contributed by atoms with Gasteiger partial charge in [0, 0.05) is 6.54 Å². The highest BCUT2D eigenvalue weighted by Gasteiger charge is 2.39. The van der Waals surface area contributed by atoms with Crippen LogP contribution in [0.15, 0.2) is 12.1 Å². The van der Waals surface area contributed by atoms with Crippen molar-refractivity contribution in [2.45, 2.75) is 32.6 Å². The first-order chi connectivity index (χ1) is 9.84. The van der Waals surface area contributed by atoms with Crippen molar-refractivity contribution in [1.29, 1.82) is 0 Å². The molecule has 21 heavy (non-hydrogen) atoms.